The number of morpholine rings is 1. The van der Waals surface area contributed by atoms with Gasteiger partial charge >= 0.3 is 6.18 Å². The largest absolute Gasteiger partial charge is 0.418 e. The van der Waals surface area contributed by atoms with Crippen LogP contribution in [0.5, 0.6) is 0 Å². The van der Waals surface area contributed by atoms with Crippen molar-refractivity contribution >= 4 is 11.8 Å². The minimum Gasteiger partial charge on any atom is -0.373 e. The van der Waals surface area contributed by atoms with E-state index < -0.39 is 29.3 Å². The van der Waals surface area contributed by atoms with Crippen molar-refractivity contribution in [2.45, 2.75) is 19.2 Å². The lowest BCUT2D eigenvalue weighted by molar-refractivity contribution is -0.138. The summed E-state index contributed by atoms with van der Waals surface area (Å²) in [4.78, 5) is 28.0. The van der Waals surface area contributed by atoms with Gasteiger partial charge in [-0.15, -0.1) is 0 Å². The molecule has 2 heterocycles. The fourth-order valence-electron chi connectivity index (χ4n) is 2.26. The number of nitrogens with one attached hydrogen (secondary N) is 1. The first-order valence-electron chi connectivity index (χ1n) is 6.95. The lowest BCUT2D eigenvalue weighted by atomic mass is 10.1. The van der Waals surface area contributed by atoms with Gasteiger partial charge in [-0.1, -0.05) is 0 Å². The third-order valence-corrected chi connectivity index (χ3v) is 3.36. The van der Waals surface area contributed by atoms with Crippen LogP contribution in [0.1, 0.15) is 22.8 Å². The molecule has 0 aromatic carbocycles. The maximum absolute atomic E-state index is 13.0. The Morgan fingerprint density at radius 1 is 1.48 bits per heavy atom. The number of carbonyl (C=O) groups excluding carboxylic acids is 2. The summed E-state index contributed by atoms with van der Waals surface area (Å²) < 4.78 is 44.3. The molecule has 1 saturated heterocycles. The predicted molar refractivity (Wildman–Crippen MR) is 73.6 cm³/mol. The summed E-state index contributed by atoms with van der Waals surface area (Å²) >= 11 is 0. The Labute approximate surface area is 130 Å². The number of hydrogen-bond donors (Lipinski definition) is 1. The van der Waals surface area contributed by atoms with E-state index in [1.165, 1.54) is 11.8 Å². The lowest BCUT2D eigenvalue weighted by Crippen LogP contribution is -2.49. The van der Waals surface area contributed by atoms with Gasteiger partial charge in [0.15, 0.2) is 0 Å². The van der Waals surface area contributed by atoms with E-state index in [2.05, 4.69) is 10.3 Å². The standard InChI is InChI=1S/C14H16F3N3O3/c1-9(21)19-6-10-8-20(4-5-23-10)13(22)11-2-3-18-7-12(11)14(15,16)17/h2-3,7,10H,4-6,8H2,1H3,(H,19,21). The predicted octanol–water partition coefficient (Wildman–Crippen LogP) is 1.08. The van der Waals surface area contributed by atoms with Crippen LogP contribution in [0.25, 0.3) is 0 Å². The Morgan fingerprint density at radius 3 is 2.87 bits per heavy atom. The molecule has 0 bridgehead atoms. The van der Waals surface area contributed by atoms with Crippen molar-refractivity contribution in [3.05, 3.63) is 29.6 Å². The Kier molecular flexibility index (Phi) is 5.19. The summed E-state index contributed by atoms with van der Waals surface area (Å²) in [5.74, 6) is -0.971. The molecule has 1 atom stereocenters. The van der Waals surface area contributed by atoms with Crippen LogP contribution in [-0.2, 0) is 15.7 Å². The molecule has 0 aliphatic carbocycles. The van der Waals surface area contributed by atoms with Crippen LogP contribution in [0.4, 0.5) is 13.2 Å². The number of amides is 2. The first kappa shape index (κ1) is 17.2. The van der Waals surface area contributed by atoms with Crippen LogP contribution in [0.15, 0.2) is 18.5 Å². The molecule has 9 heteroatoms. The van der Waals surface area contributed by atoms with Crippen molar-refractivity contribution < 1.29 is 27.5 Å². The van der Waals surface area contributed by atoms with Crippen molar-refractivity contribution in [3.63, 3.8) is 0 Å². The molecule has 126 valence electrons. The van der Waals surface area contributed by atoms with Crippen molar-refractivity contribution in [3.8, 4) is 0 Å². The molecular formula is C14H16F3N3O3. The number of hydrogen-bond acceptors (Lipinski definition) is 4. The molecule has 1 aromatic heterocycles. The highest BCUT2D eigenvalue weighted by Crippen LogP contribution is 2.32. The number of nitrogens with zero attached hydrogens (tertiary/aromatic N) is 2. The molecule has 6 nitrogen and oxygen atoms in total. The van der Waals surface area contributed by atoms with E-state index in [1.807, 2.05) is 0 Å². The van der Waals surface area contributed by atoms with Gasteiger partial charge < -0.3 is 15.0 Å². The molecular weight excluding hydrogens is 315 g/mol. The topological polar surface area (TPSA) is 71.5 Å². The summed E-state index contributed by atoms with van der Waals surface area (Å²) in [6, 6.07) is 1.06. The first-order valence-corrected chi connectivity index (χ1v) is 6.95. The van der Waals surface area contributed by atoms with E-state index >= 15 is 0 Å². The highest BCUT2D eigenvalue weighted by Gasteiger charge is 2.37. The number of ether oxygens (including phenoxy) is 1. The van der Waals surface area contributed by atoms with Gasteiger partial charge in [-0.25, -0.2) is 0 Å². The van der Waals surface area contributed by atoms with Crippen LogP contribution in [-0.4, -0.2) is 54.0 Å². The number of alkyl halides is 3. The van der Waals surface area contributed by atoms with Crippen molar-refractivity contribution in [2.24, 2.45) is 0 Å². The molecule has 1 unspecified atom stereocenters. The van der Waals surface area contributed by atoms with E-state index in [0.717, 1.165) is 12.3 Å². The number of carbonyl (C=O) groups is 2. The van der Waals surface area contributed by atoms with Crippen molar-refractivity contribution in [2.75, 3.05) is 26.2 Å². The quantitative estimate of drug-likeness (QED) is 0.900. The molecule has 0 spiro atoms. The highest BCUT2D eigenvalue weighted by atomic mass is 19.4. The Balaban J connectivity index is 2.13. The van der Waals surface area contributed by atoms with Crippen molar-refractivity contribution in [1.29, 1.82) is 0 Å². The molecule has 2 rings (SSSR count). The van der Waals surface area contributed by atoms with Gasteiger partial charge in [0.05, 0.1) is 23.8 Å². The normalized spacial score (nSPS) is 18.6. The fraction of sp³-hybridized carbons (Fsp3) is 0.500. The summed E-state index contributed by atoms with van der Waals surface area (Å²) in [6.45, 7) is 2.04. The van der Waals surface area contributed by atoms with Crippen LogP contribution < -0.4 is 5.32 Å². The summed E-state index contributed by atoms with van der Waals surface area (Å²) in [5, 5.41) is 2.56. The number of aromatic nitrogens is 1. The first-order chi connectivity index (χ1) is 10.8. The zero-order valence-electron chi connectivity index (χ0n) is 12.4. The molecule has 2 amide bonds. The second-order valence-electron chi connectivity index (χ2n) is 5.10. The minimum absolute atomic E-state index is 0.110. The SMILES string of the molecule is CC(=O)NCC1CN(C(=O)c2ccncc2C(F)(F)F)CCO1. The van der Waals surface area contributed by atoms with Crippen molar-refractivity contribution in [1.82, 2.24) is 15.2 Å². The second kappa shape index (κ2) is 6.95. The van der Waals surface area contributed by atoms with Gasteiger partial charge in [0.1, 0.15) is 0 Å². The smallest absolute Gasteiger partial charge is 0.373 e. The Bertz CT molecular complexity index is 592. The average Bonchev–Trinajstić information content (AvgIpc) is 2.51. The van der Waals surface area contributed by atoms with Gasteiger partial charge in [0, 0.05) is 39.0 Å². The molecule has 0 saturated carbocycles. The van der Waals surface area contributed by atoms with E-state index in [-0.39, 0.29) is 32.1 Å². The summed E-state index contributed by atoms with van der Waals surface area (Å²) in [6.07, 6.45) is -3.31. The van der Waals surface area contributed by atoms with Gasteiger partial charge in [-0.2, -0.15) is 13.2 Å². The third-order valence-electron chi connectivity index (χ3n) is 3.36. The molecule has 1 aliphatic rings. The van der Waals surface area contributed by atoms with E-state index in [4.69, 9.17) is 4.74 Å². The lowest BCUT2D eigenvalue weighted by Gasteiger charge is -2.33. The third kappa shape index (κ3) is 4.41. The second-order valence-corrected chi connectivity index (χ2v) is 5.10. The maximum Gasteiger partial charge on any atom is 0.418 e. The highest BCUT2D eigenvalue weighted by molar-refractivity contribution is 5.95. The zero-order valence-corrected chi connectivity index (χ0v) is 12.4. The van der Waals surface area contributed by atoms with Gasteiger partial charge in [0.2, 0.25) is 5.91 Å². The molecule has 1 aromatic rings. The average molecular weight is 331 g/mol. The zero-order chi connectivity index (χ0) is 17.0. The molecule has 0 radical (unpaired) electrons. The molecule has 1 fully saturated rings. The molecule has 1 aliphatic heterocycles. The molecule has 1 N–H and O–H groups in total. The van der Waals surface area contributed by atoms with E-state index in [1.54, 1.807) is 0 Å². The fourth-order valence-corrected chi connectivity index (χ4v) is 2.26. The summed E-state index contributed by atoms with van der Waals surface area (Å²) in [5.41, 5.74) is -1.50. The number of halogens is 3. The minimum atomic E-state index is -4.65. The van der Waals surface area contributed by atoms with Crippen LogP contribution in [0.3, 0.4) is 0 Å². The van der Waals surface area contributed by atoms with Gasteiger partial charge in [0.25, 0.3) is 5.91 Å². The maximum atomic E-state index is 13.0. The Hall–Kier alpha value is -2.16. The molecule has 23 heavy (non-hydrogen) atoms. The van der Waals surface area contributed by atoms with Gasteiger partial charge in [-0.05, 0) is 6.07 Å². The number of pyridine rings is 1. The van der Waals surface area contributed by atoms with Crippen LogP contribution in [0, 0.1) is 0 Å². The van der Waals surface area contributed by atoms with Gasteiger partial charge in [-0.3, -0.25) is 14.6 Å². The number of rotatable bonds is 3. The monoisotopic (exact) mass is 331 g/mol. The summed E-state index contributed by atoms with van der Waals surface area (Å²) in [7, 11) is 0. The Morgan fingerprint density at radius 2 is 2.22 bits per heavy atom. The van der Waals surface area contributed by atoms with E-state index in [9.17, 15) is 22.8 Å². The van der Waals surface area contributed by atoms with E-state index in [0.29, 0.717) is 6.20 Å². The van der Waals surface area contributed by atoms with Crippen LogP contribution >= 0.6 is 0 Å². The van der Waals surface area contributed by atoms with Crippen LogP contribution in [0.2, 0.25) is 0 Å².